The summed E-state index contributed by atoms with van der Waals surface area (Å²) in [4.78, 5) is 23.7. The van der Waals surface area contributed by atoms with Crippen LogP contribution in [0.2, 0.25) is 0 Å². The first kappa shape index (κ1) is 41.4. The molecule has 1 aromatic carbocycles. The summed E-state index contributed by atoms with van der Waals surface area (Å²) in [6.07, 6.45) is 11.4. The van der Waals surface area contributed by atoms with Crippen molar-refractivity contribution in [1.82, 2.24) is 9.88 Å². The van der Waals surface area contributed by atoms with Gasteiger partial charge in [0, 0.05) is 57.6 Å². The van der Waals surface area contributed by atoms with Crippen molar-refractivity contribution in [2.45, 2.75) is 71.1 Å². The lowest BCUT2D eigenvalue weighted by molar-refractivity contribution is -0.114. The summed E-state index contributed by atoms with van der Waals surface area (Å²) in [7, 11) is 4.15. The third-order valence-electron chi connectivity index (χ3n) is 9.32. The molecule has 10 nitrogen and oxygen atoms in total. The van der Waals surface area contributed by atoms with Gasteiger partial charge in [-0.2, -0.15) is 0 Å². The number of nitrogens with zero attached hydrogens (tertiary/aromatic N) is 4. The highest BCUT2D eigenvalue weighted by Gasteiger charge is 2.37. The van der Waals surface area contributed by atoms with E-state index in [1.54, 1.807) is 18.3 Å². The minimum Gasteiger partial charge on any atom is -0.508 e. The van der Waals surface area contributed by atoms with Crippen LogP contribution in [0.5, 0.6) is 5.75 Å². The number of anilines is 2. The van der Waals surface area contributed by atoms with Crippen LogP contribution in [-0.2, 0) is 29.2 Å². The van der Waals surface area contributed by atoms with Gasteiger partial charge in [0.25, 0.3) is 0 Å². The second-order valence-corrected chi connectivity index (χ2v) is 14.1. The van der Waals surface area contributed by atoms with Crippen molar-refractivity contribution < 1.29 is 28.8 Å². The van der Waals surface area contributed by atoms with Crippen LogP contribution in [0, 0.1) is 12.8 Å². The first-order chi connectivity index (χ1) is 24.2. The number of aldehydes is 1. The van der Waals surface area contributed by atoms with E-state index in [9.17, 15) is 9.90 Å². The van der Waals surface area contributed by atoms with Crippen molar-refractivity contribution in [3.63, 3.8) is 0 Å². The van der Waals surface area contributed by atoms with E-state index in [1.165, 1.54) is 0 Å². The molecule has 1 aliphatic heterocycles. The second-order valence-electron chi connectivity index (χ2n) is 14.1. The molecule has 280 valence electrons. The number of aromatic hydroxyl groups is 1. The Bertz CT molecular complexity index is 1270. The molecule has 0 unspecified atom stereocenters. The van der Waals surface area contributed by atoms with Crippen LogP contribution >= 0.6 is 0 Å². The van der Waals surface area contributed by atoms with E-state index in [2.05, 4.69) is 47.2 Å². The first-order valence-electron chi connectivity index (χ1n) is 18.5. The highest BCUT2D eigenvalue weighted by atomic mass is 16.5. The molecule has 0 aliphatic carbocycles. The van der Waals surface area contributed by atoms with Crippen molar-refractivity contribution in [3.8, 4) is 5.75 Å². The molecule has 1 fully saturated rings. The number of aromatic nitrogens is 1. The Morgan fingerprint density at radius 1 is 0.940 bits per heavy atom. The van der Waals surface area contributed by atoms with Crippen LogP contribution < -0.4 is 9.80 Å². The SMILES string of the molecule is C=C(CN(C)c1cnccc1C1(C=O)CCN(C)CC1)N(CCCCOCCCCCOCCOCCOCC(C)C)c1ccc(O)cc1C. The minimum absolute atomic E-state index is 0.249. The van der Waals surface area contributed by atoms with Gasteiger partial charge >= 0.3 is 0 Å². The Morgan fingerprint density at radius 2 is 1.56 bits per heavy atom. The van der Waals surface area contributed by atoms with Gasteiger partial charge in [-0.15, -0.1) is 0 Å². The highest BCUT2D eigenvalue weighted by Crippen LogP contribution is 2.38. The lowest BCUT2D eigenvalue weighted by Gasteiger charge is -2.39. The largest absolute Gasteiger partial charge is 0.508 e. The van der Waals surface area contributed by atoms with E-state index in [0.29, 0.717) is 45.5 Å². The van der Waals surface area contributed by atoms with E-state index < -0.39 is 5.41 Å². The summed E-state index contributed by atoms with van der Waals surface area (Å²) in [6.45, 7) is 19.4. The van der Waals surface area contributed by atoms with Gasteiger partial charge in [-0.05, 0) is 113 Å². The van der Waals surface area contributed by atoms with Crippen molar-refractivity contribution in [2.75, 3.05) is 103 Å². The van der Waals surface area contributed by atoms with Gasteiger partial charge in [-0.1, -0.05) is 20.4 Å². The van der Waals surface area contributed by atoms with Crippen LogP contribution in [-0.4, -0.2) is 114 Å². The van der Waals surface area contributed by atoms with E-state index >= 15 is 0 Å². The summed E-state index contributed by atoms with van der Waals surface area (Å²) in [5.41, 5.74) is 4.43. The average Bonchev–Trinajstić information content (AvgIpc) is 3.10. The second kappa shape index (κ2) is 22.7. The molecule has 0 bridgehead atoms. The van der Waals surface area contributed by atoms with E-state index in [4.69, 9.17) is 18.9 Å². The number of phenols is 1. The molecular formula is C40H64N4O6. The molecule has 1 saturated heterocycles. The highest BCUT2D eigenvalue weighted by molar-refractivity contribution is 5.74. The molecule has 3 rings (SSSR count). The van der Waals surface area contributed by atoms with E-state index in [0.717, 1.165) is 119 Å². The smallest absolute Gasteiger partial charge is 0.130 e. The van der Waals surface area contributed by atoms with Crippen LogP contribution in [0.1, 0.15) is 69.9 Å². The molecule has 1 aliphatic rings. The van der Waals surface area contributed by atoms with Crippen molar-refractivity contribution in [3.05, 3.63) is 60.1 Å². The number of rotatable bonds is 26. The normalized spacial score (nSPS) is 14.6. The third-order valence-corrected chi connectivity index (χ3v) is 9.32. The number of aryl methyl sites for hydroxylation is 1. The minimum atomic E-state index is -0.514. The molecule has 0 radical (unpaired) electrons. The number of hydrogen-bond acceptors (Lipinski definition) is 10. The standard InChI is InChI=1S/C40H64N4O6/c1-33(2)31-50-27-26-49-25-24-48-22-10-7-9-21-47-23-11-8-18-44(38-13-12-36(46)28-34(38)3)35(4)30-43(6)39-29-41-17-14-37(39)40(32-45)15-19-42(5)20-16-40/h12-14,17,28-29,32-33,46H,4,7-11,15-16,18-27,30-31H2,1-3,5-6H3. The summed E-state index contributed by atoms with van der Waals surface area (Å²) in [5, 5.41) is 10.1. The van der Waals surface area contributed by atoms with Crippen LogP contribution in [0.15, 0.2) is 48.9 Å². The molecule has 0 spiro atoms. The van der Waals surface area contributed by atoms with E-state index in [1.807, 2.05) is 32.3 Å². The Kier molecular flexibility index (Phi) is 18.8. The predicted octanol–water partition coefficient (Wildman–Crippen LogP) is 6.39. The summed E-state index contributed by atoms with van der Waals surface area (Å²) in [5.74, 6) is 0.798. The van der Waals surface area contributed by atoms with Gasteiger partial charge in [0.2, 0.25) is 0 Å². The molecule has 0 saturated carbocycles. The number of unbranched alkanes of at least 4 members (excludes halogenated alkanes) is 3. The number of carbonyl (C=O) groups is 1. The number of likely N-dealkylation sites (N-methyl/N-ethyl adjacent to an activating group) is 1. The lowest BCUT2D eigenvalue weighted by Crippen LogP contribution is -2.43. The third kappa shape index (κ3) is 13.9. The quantitative estimate of drug-likeness (QED) is 0.0881. The zero-order chi connectivity index (χ0) is 36.2. The number of pyridine rings is 1. The maximum Gasteiger partial charge on any atom is 0.130 e. The lowest BCUT2D eigenvalue weighted by atomic mass is 9.73. The average molecular weight is 697 g/mol. The Balaban J connectivity index is 1.41. The van der Waals surface area contributed by atoms with Crippen molar-refractivity contribution in [2.24, 2.45) is 5.92 Å². The molecule has 1 N–H and O–H groups in total. The molecule has 2 heterocycles. The number of ether oxygens (including phenoxy) is 4. The van der Waals surface area contributed by atoms with Crippen LogP contribution in [0.3, 0.4) is 0 Å². The number of hydrogen-bond donors (Lipinski definition) is 1. The topological polar surface area (TPSA) is 96.8 Å². The number of piperidine rings is 1. The Labute approximate surface area is 301 Å². The molecule has 2 aromatic rings. The number of benzene rings is 1. The monoisotopic (exact) mass is 696 g/mol. The van der Waals surface area contributed by atoms with Gasteiger partial charge < -0.3 is 43.5 Å². The Morgan fingerprint density at radius 3 is 2.20 bits per heavy atom. The number of carbonyl (C=O) groups excluding carboxylic acids is 1. The Hall–Kier alpha value is -3.02. The van der Waals surface area contributed by atoms with Gasteiger partial charge in [-0.25, -0.2) is 0 Å². The number of phenolic OH excluding ortho intramolecular Hbond substituents is 1. The predicted molar refractivity (Wildman–Crippen MR) is 203 cm³/mol. The fourth-order valence-electron chi connectivity index (χ4n) is 6.34. The molecule has 10 heteroatoms. The summed E-state index contributed by atoms with van der Waals surface area (Å²) < 4.78 is 22.7. The fraction of sp³-hybridized carbons (Fsp3) is 0.650. The van der Waals surface area contributed by atoms with Crippen LogP contribution in [0.25, 0.3) is 0 Å². The molecule has 0 amide bonds. The van der Waals surface area contributed by atoms with Gasteiger partial charge in [-0.3, -0.25) is 4.98 Å². The van der Waals surface area contributed by atoms with Crippen molar-refractivity contribution >= 4 is 17.7 Å². The molecular weight excluding hydrogens is 632 g/mol. The van der Waals surface area contributed by atoms with E-state index in [-0.39, 0.29) is 5.75 Å². The van der Waals surface area contributed by atoms with Gasteiger partial charge in [0.05, 0.1) is 50.3 Å². The molecule has 0 atom stereocenters. The maximum atomic E-state index is 12.6. The zero-order valence-corrected chi connectivity index (χ0v) is 31.5. The fourth-order valence-corrected chi connectivity index (χ4v) is 6.34. The maximum absolute atomic E-state index is 12.6. The number of likely N-dealkylation sites (tertiary alicyclic amines) is 1. The van der Waals surface area contributed by atoms with Gasteiger partial charge in [0.1, 0.15) is 12.0 Å². The molecule has 1 aromatic heterocycles. The first-order valence-corrected chi connectivity index (χ1v) is 18.5. The van der Waals surface area contributed by atoms with Crippen LogP contribution in [0.4, 0.5) is 11.4 Å². The molecule has 50 heavy (non-hydrogen) atoms. The van der Waals surface area contributed by atoms with Crippen molar-refractivity contribution in [1.29, 1.82) is 0 Å². The van der Waals surface area contributed by atoms with Gasteiger partial charge in [0.15, 0.2) is 0 Å². The summed E-state index contributed by atoms with van der Waals surface area (Å²) in [6, 6.07) is 7.49. The zero-order valence-electron chi connectivity index (χ0n) is 31.5. The summed E-state index contributed by atoms with van der Waals surface area (Å²) >= 11 is 0.